The fourth-order valence-electron chi connectivity index (χ4n) is 2.53. The summed E-state index contributed by atoms with van der Waals surface area (Å²) in [6.45, 7) is 3.46. The number of thiophene rings is 1. The van der Waals surface area contributed by atoms with E-state index in [0.29, 0.717) is 36.7 Å². The number of aromatic carboxylic acids is 1. The van der Waals surface area contributed by atoms with Crippen LogP contribution in [0.4, 0.5) is 0 Å². The Morgan fingerprint density at radius 3 is 2.74 bits per heavy atom. The van der Waals surface area contributed by atoms with Gasteiger partial charge in [-0.1, -0.05) is 0 Å². The number of amides is 1. The lowest BCUT2D eigenvalue weighted by atomic mass is 10.2. The van der Waals surface area contributed by atoms with Crippen LogP contribution in [-0.2, 0) is 16.1 Å². The van der Waals surface area contributed by atoms with E-state index in [4.69, 9.17) is 9.84 Å². The fourth-order valence-corrected chi connectivity index (χ4v) is 3.51. The number of aromatic nitrogens is 2. The van der Waals surface area contributed by atoms with Crippen LogP contribution in [0.25, 0.3) is 10.2 Å². The Morgan fingerprint density at radius 1 is 1.39 bits per heavy atom. The molecule has 1 amide bonds. The Kier molecular flexibility index (Phi) is 4.14. The Balaban J connectivity index is 1.94. The van der Waals surface area contributed by atoms with Gasteiger partial charge in [0.15, 0.2) is 0 Å². The van der Waals surface area contributed by atoms with E-state index in [0.717, 1.165) is 11.3 Å². The minimum absolute atomic E-state index is 0.0989. The van der Waals surface area contributed by atoms with Gasteiger partial charge in [-0.3, -0.25) is 14.2 Å². The molecule has 1 saturated heterocycles. The maximum atomic E-state index is 12.5. The van der Waals surface area contributed by atoms with E-state index in [9.17, 15) is 14.4 Å². The van der Waals surface area contributed by atoms with Crippen molar-refractivity contribution in [2.75, 3.05) is 26.3 Å². The molecule has 3 heterocycles. The molecule has 122 valence electrons. The highest BCUT2D eigenvalue weighted by Crippen LogP contribution is 2.26. The lowest BCUT2D eigenvalue weighted by Gasteiger charge is -2.26. The molecule has 8 nitrogen and oxygen atoms in total. The van der Waals surface area contributed by atoms with E-state index >= 15 is 0 Å². The van der Waals surface area contributed by atoms with Crippen LogP contribution < -0.4 is 5.56 Å². The zero-order valence-electron chi connectivity index (χ0n) is 12.4. The van der Waals surface area contributed by atoms with Gasteiger partial charge in [-0.15, -0.1) is 11.3 Å². The quantitative estimate of drug-likeness (QED) is 0.866. The van der Waals surface area contributed by atoms with E-state index in [2.05, 4.69) is 4.98 Å². The van der Waals surface area contributed by atoms with Gasteiger partial charge in [-0.2, -0.15) is 0 Å². The number of hydrogen-bond acceptors (Lipinski definition) is 6. The number of ether oxygens (including phenoxy) is 1. The fraction of sp³-hybridized carbons (Fsp3) is 0.429. The summed E-state index contributed by atoms with van der Waals surface area (Å²) < 4.78 is 6.42. The molecule has 0 aromatic carbocycles. The number of carboxylic acid groups (broad SMARTS) is 1. The third-order valence-corrected chi connectivity index (χ3v) is 4.97. The second kappa shape index (κ2) is 6.09. The molecule has 0 aliphatic carbocycles. The van der Waals surface area contributed by atoms with Gasteiger partial charge in [0.05, 0.1) is 24.9 Å². The van der Waals surface area contributed by atoms with Crippen molar-refractivity contribution in [3.8, 4) is 0 Å². The summed E-state index contributed by atoms with van der Waals surface area (Å²) in [5.41, 5.74) is 0.000955. The highest BCUT2D eigenvalue weighted by Gasteiger charge is 2.21. The highest BCUT2D eigenvalue weighted by atomic mass is 32.1. The monoisotopic (exact) mass is 337 g/mol. The molecule has 0 unspecified atom stereocenters. The normalized spacial score (nSPS) is 15.1. The highest BCUT2D eigenvalue weighted by molar-refractivity contribution is 7.20. The van der Waals surface area contributed by atoms with Gasteiger partial charge in [-0.25, -0.2) is 9.78 Å². The lowest BCUT2D eigenvalue weighted by molar-refractivity contribution is -0.135. The third-order valence-electron chi connectivity index (χ3n) is 3.78. The molecular weight excluding hydrogens is 322 g/mol. The first-order chi connectivity index (χ1) is 11.0. The standard InChI is InChI=1S/C14H15N3O5S/c1-8-10-12(23-11(8)14(20)21)15-7-17(13(10)19)6-9(18)16-2-4-22-5-3-16/h7H,2-6H2,1H3,(H,20,21). The van der Waals surface area contributed by atoms with E-state index in [-0.39, 0.29) is 22.7 Å². The summed E-state index contributed by atoms with van der Waals surface area (Å²) >= 11 is 0.966. The number of morpholine rings is 1. The molecule has 2 aromatic heterocycles. The average molecular weight is 337 g/mol. The molecule has 1 aliphatic heterocycles. The Labute approximate surface area is 134 Å². The Bertz CT molecular complexity index is 835. The summed E-state index contributed by atoms with van der Waals surface area (Å²) in [6.07, 6.45) is 1.30. The maximum absolute atomic E-state index is 12.5. The van der Waals surface area contributed by atoms with Crippen LogP contribution in [0.3, 0.4) is 0 Å². The van der Waals surface area contributed by atoms with Crippen molar-refractivity contribution in [2.24, 2.45) is 0 Å². The number of rotatable bonds is 3. The van der Waals surface area contributed by atoms with Crippen molar-refractivity contribution in [1.29, 1.82) is 0 Å². The molecule has 1 aliphatic rings. The summed E-state index contributed by atoms with van der Waals surface area (Å²) in [5.74, 6) is -1.26. The lowest BCUT2D eigenvalue weighted by Crippen LogP contribution is -2.43. The van der Waals surface area contributed by atoms with Crippen LogP contribution in [-0.4, -0.2) is 57.7 Å². The van der Waals surface area contributed by atoms with Crippen molar-refractivity contribution in [3.05, 3.63) is 27.1 Å². The van der Waals surface area contributed by atoms with Crippen molar-refractivity contribution in [2.45, 2.75) is 13.5 Å². The molecule has 0 atom stereocenters. The average Bonchev–Trinajstić information content (AvgIpc) is 2.89. The van der Waals surface area contributed by atoms with E-state index in [1.807, 2.05) is 0 Å². The molecule has 1 fully saturated rings. The molecular formula is C14H15N3O5S. The maximum Gasteiger partial charge on any atom is 0.346 e. The predicted octanol–water partition coefficient (Wildman–Crippen LogP) is 0.323. The van der Waals surface area contributed by atoms with Crippen LogP contribution in [0.15, 0.2) is 11.1 Å². The third kappa shape index (κ3) is 2.84. The van der Waals surface area contributed by atoms with E-state index in [1.165, 1.54) is 10.9 Å². The van der Waals surface area contributed by atoms with Crippen molar-refractivity contribution < 1.29 is 19.4 Å². The Morgan fingerprint density at radius 2 is 2.09 bits per heavy atom. The van der Waals surface area contributed by atoms with Crippen LogP contribution >= 0.6 is 11.3 Å². The minimum atomic E-state index is -1.08. The molecule has 23 heavy (non-hydrogen) atoms. The molecule has 1 N–H and O–H groups in total. The van der Waals surface area contributed by atoms with Crippen molar-refractivity contribution in [3.63, 3.8) is 0 Å². The second-order valence-corrected chi connectivity index (χ2v) is 6.21. The molecule has 9 heteroatoms. The number of aryl methyl sites for hydroxylation is 1. The first kappa shape index (κ1) is 15.6. The first-order valence-electron chi connectivity index (χ1n) is 7.06. The minimum Gasteiger partial charge on any atom is -0.477 e. The van der Waals surface area contributed by atoms with Crippen LogP contribution in [0.1, 0.15) is 15.2 Å². The summed E-state index contributed by atoms with van der Waals surface area (Å²) in [5, 5.41) is 9.41. The molecule has 2 aromatic rings. The van der Waals surface area contributed by atoms with Crippen LogP contribution in [0.5, 0.6) is 0 Å². The molecule has 3 rings (SSSR count). The number of nitrogens with zero attached hydrogens (tertiary/aromatic N) is 3. The van der Waals surface area contributed by atoms with Gasteiger partial charge < -0.3 is 14.7 Å². The Hall–Kier alpha value is -2.26. The van der Waals surface area contributed by atoms with E-state index < -0.39 is 11.5 Å². The van der Waals surface area contributed by atoms with Gasteiger partial charge in [0.25, 0.3) is 5.56 Å². The summed E-state index contributed by atoms with van der Waals surface area (Å²) in [4.78, 5) is 42.2. The van der Waals surface area contributed by atoms with Crippen molar-refractivity contribution in [1.82, 2.24) is 14.5 Å². The number of fused-ring (bicyclic) bond motifs is 1. The summed E-state index contributed by atoms with van der Waals surface area (Å²) in [7, 11) is 0. The van der Waals surface area contributed by atoms with E-state index in [1.54, 1.807) is 11.8 Å². The largest absolute Gasteiger partial charge is 0.477 e. The first-order valence-corrected chi connectivity index (χ1v) is 7.88. The van der Waals surface area contributed by atoms with Gasteiger partial charge in [0, 0.05) is 13.1 Å². The van der Waals surface area contributed by atoms with Gasteiger partial charge in [0.1, 0.15) is 16.3 Å². The zero-order valence-corrected chi connectivity index (χ0v) is 13.3. The smallest absolute Gasteiger partial charge is 0.346 e. The van der Waals surface area contributed by atoms with Gasteiger partial charge in [-0.05, 0) is 12.5 Å². The molecule has 0 radical (unpaired) electrons. The molecule has 0 saturated carbocycles. The topological polar surface area (TPSA) is 102 Å². The predicted molar refractivity (Wildman–Crippen MR) is 83.0 cm³/mol. The number of carboxylic acids is 1. The number of carbonyl (C=O) groups excluding carboxylic acids is 1. The zero-order chi connectivity index (χ0) is 16.6. The van der Waals surface area contributed by atoms with Gasteiger partial charge in [0.2, 0.25) is 5.91 Å². The van der Waals surface area contributed by atoms with Crippen molar-refractivity contribution >= 4 is 33.4 Å². The van der Waals surface area contributed by atoms with Crippen LogP contribution in [0.2, 0.25) is 0 Å². The summed E-state index contributed by atoms with van der Waals surface area (Å²) in [6, 6.07) is 0. The number of hydrogen-bond donors (Lipinski definition) is 1. The second-order valence-electron chi connectivity index (χ2n) is 5.21. The van der Waals surface area contributed by atoms with Gasteiger partial charge >= 0.3 is 5.97 Å². The molecule has 0 bridgehead atoms. The molecule has 0 spiro atoms. The number of carbonyl (C=O) groups is 2. The van der Waals surface area contributed by atoms with Crippen LogP contribution in [0, 0.1) is 6.92 Å². The SMILES string of the molecule is Cc1c(C(=O)O)sc2ncn(CC(=O)N3CCOCC3)c(=O)c12.